The normalized spacial score (nSPS) is 18.0. The second-order valence-corrected chi connectivity index (χ2v) is 8.28. The number of hydrogen-bond acceptors (Lipinski definition) is 4. The molecule has 2 amide bonds. The van der Waals surface area contributed by atoms with Crippen molar-refractivity contribution in [1.29, 1.82) is 0 Å². The van der Waals surface area contributed by atoms with Crippen LogP contribution in [0.2, 0.25) is 0 Å². The summed E-state index contributed by atoms with van der Waals surface area (Å²) in [5, 5.41) is 7.19. The van der Waals surface area contributed by atoms with Crippen molar-refractivity contribution in [3.05, 3.63) is 47.5 Å². The van der Waals surface area contributed by atoms with Gasteiger partial charge >= 0.3 is 0 Å². The quantitative estimate of drug-likeness (QED) is 0.792. The number of nitrogens with zero attached hydrogens (tertiary/aromatic N) is 3. The molecule has 0 unspecified atom stereocenters. The highest BCUT2D eigenvalue weighted by molar-refractivity contribution is 5.95. The van der Waals surface area contributed by atoms with Gasteiger partial charge in [0.05, 0.1) is 17.5 Å². The Kier molecular flexibility index (Phi) is 6.84. The van der Waals surface area contributed by atoms with Gasteiger partial charge in [0.25, 0.3) is 11.8 Å². The smallest absolute Gasteiger partial charge is 0.260 e. The standard InChI is InChI=1S/C23H29FN4O3/c24-19-7-3-4-8-20(19)31-16-21(29)27-13-9-17(10-14-27)22-18(15-25-26-22)23(30)28-11-5-1-2-6-12-28/h3-4,7-8,15,17H,1-2,5-6,9-14,16H2,(H,25,26). The van der Waals surface area contributed by atoms with E-state index in [4.69, 9.17) is 4.74 Å². The molecule has 0 radical (unpaired) electrons. The summed E-state index contributed by atoms with van der Waals surface area (Å²) in [5.74, 6) is -0.339. The van der Waals surface area contributed by atoms with Gasteiger partial charge in [0, 0.05) is 32.1 Å². The van der Waals surface area contributed by atoms with Crippen molar-refractivity contribution in [3.8, 4) is 5.75 Å². The summed E-state index contributed by atoms with van der Waals surface area (Å²) in [4.78, 5) is 29.2. The number of para-hydroxylation sites is 1. The monoisotopic (exact) mass is 428 g/mol. The van der Waals surface area contributed by atoms with Crippen LogP contribution in [0.5, 0.6) is 5.75 Å². The van der Waals surface area contributed by atoms with Gasteiger partial charge in [-0.1, -0.05) is 25.0 Å². The fourth-order valence-corrected chi connectivity index (χ4v) is 4.43. The summed E-state index contributed by atoms with van der Waals surface area (Å²) in [6.45, 7) is 2.56. The second kappa shape index (κ2) is 9.94. The van der Waals surface area contributed by atoms with Crippen LogP contribution in [-0.4, -0.2) is 64.6 Å². The highest BCUT2D eigenvalue weighted by atomic mass is 19.1. The number of aromatic amines is 1. The Morgan fingerprint density at radius 1 is 1.03 bits per heavy atom. The van der Waals surface area contributed by atoms with Gasteiger partial charge in [-0.25, -0.2) is 4.39 Å². The molecule has 31 heavy (non-hydrogen) atoms. The maximum absolute atomic E-state index is 13.7. The van der Waals surface area contributed by atoms with Gasteiger partial charge in [-0.05, 0) is 37.8 Å². The Balaban J connectivity index is 1.32. The van der Waals surface area contributed by atoms with E-state index in [0.717, 1.165) is 44.5 Å². The van der Waals surface area contributed by atoms with E-state index >= 15 is 0 Å². The molecule has 166 valence electrons. The lowest BCUT2D eigenvalue weighted by Gasteiger charge is -2.32. The number of carbonyl (C=O) groups is 2. The van der Waals surface area contributed by atoms with Crippen LogP contribution < -0.4 is 4.74 Å². The Labute approximate surface area is 181 Å². The number of hydrogen-bond donors (Lipinski definition) is 1. The van der Waals surface area contributed by atoms with E-state index in [1.165, 1.54) is 25.0 Å². The molecule has 0 atom stereocenters. The third kappa shape index (κ3) is 5.06. The molecule has 0 aliphatic carbocycles. The van der Waals surface area contributed by atoms with Crippen molar-refractivity contribution in [2.24, 2.45) is 0 Å². The van der Waals surface area contributed by atoms with Crippen LogP contribution >= 0.6 is 0 Å². The predicted molar refractivity (Wildman–Crippen MR) is 113 cm³/mol. The number of likely N-dealkylation sites (tertiary alicyclic amines) is 2. The fourth-order valence-electron chi connectivity index (χ4n) is 4.43. The summed E-state index contributed by atoms with van der Waals surface area (Å²) >= 11 is 0. The zero-order valence-electron chi connectivity index (χ0n) is 17.7. The van der Waals surface area contributed by atoms with Gasteiger partial charge in [0.1, 0.15) is 0 Å². The first-order valence-corrected chi connectivity index (χ1v) is 11.1. The topological polar surface area (TPSA) is 78.5 Å². The molecule has 2 aliphatic rings. The minimum Gasteiger partial charge on any atom is -0.481 e. The zero-order valence-corrected chi connectivity index (χ0v) is 17.7. The molecule has 2 saturated heterocycles. The second-order valence-electron chi connectivity index (χ2n) is 8.28. The van der Waals surface area contributed by atoms with Crippen LogP contribution in [0.4, 0.5) is 4.39 Å². The lowest BCUT2D eigenvalue weighted by Crippen LogP contribution is -2.41. The van der Waals surface area contributed by atoms with E-state index in [2.05, 4.69) is 10.2 Å². The maximum atomic E-state index is 13.7. The maximum Gasteiger partial charge on any atom is 0.260 e. The van der Waals surface area contributed by atoms with Crippen molar-refractivity contribution >= 4 is 11.8 Å². The summed E-state index contributed by atoms with van der Waals surface area (Å²) < 4.78 is 19.0. The van der Waals surface area contributed by atoms with E-state index in [1.54, 1.807) is 23.2 Å². The average molecular weight is 429 g/mol. The average Bonchev–Trinajstić information content (AvgIpc) is 3.13. The third-order valence-electron chi connectivity index (χ3n) is 6.24. The first-order chi connectivity index (χ1) is 15.1. The minimum absolute atomic E-state index is 0.0578. The van der Waals surface area contributed by atoms with E-state index < -0.39 is 5.82 Å². The van der Waals surface area contributed by atoms with Crippen LogP contribution in [0.3, 0.4) is 0 Å². The van der Waals surface area contributed by atoms with E-state index in [-0.39, 0.29) is 30.1 Å². The van der Waals surface area contributed by atoms with Crippen LogP contribution in [0.15, 0.2) is 30.5 Å². The third-order valence-corrected chi connectivity index (χ3v) is 6.24. The summed E-state index contributed by atoms with van der Waals surface area (Å²) in [6, 6.07) is 6.06. The summed E-state index contributed by atoms with van der Waals surface area (Å²) in [7, 11) is 0. The van der Waals surface area contributed by atoms with Crippen molar-refractivity contribution < 1.29 is 18.7 Å². The fraction of sp³-hybridized carbons (Fsp3) is 0.522. The molecule has 2 fully saturated rings. The zero-order chi connectivity index (χ0) is 21.6. The van der Waals surface area contributed by atoms with Crippen LogP contribution in [0.1, 0.15) is 60.5 Å². The molecule has 2 aromatic rings. The Bertz CT molecular complexity index is 900. The molecule has 0 spiro atoms. The van der Waals surface area contributed by atoms with E-state index in [9.17, 15) is 14.0 Å². The van der Waals surface area contributed by atoms with Crippen LogP contribution in [0, 0.1) is 5.82 Å². The molecular weight excluding hydrogens is 399 g/mol. The number of H-pyrrole nitrogens is 1. The lowest BCUT2D eigenvalue weighted by atomic mass is 9.91. The number of ether oxygens (including phenoxy) is 1. The molecule has 7 nitrogen and oxygen atoms in total. The van der Waals surface area contributed by atoms with Crippen molar-refractivity contribution in [3.63, 3.8) is 0 Å². The molecule has 2 aliphatic heterocycles. The number of benzene rings is 1. The van der Waals surface area contributed by atoms with E-state index in [1.807, 2.05) is 4.90 Å². The Morgan fingerprint density at radius 3 is 2.45 bits per heavy atom. The molecule has 0 bridgehead atoms. The molecule has 1 N–H and O–H groups in total. The van der Waals surface area contributed by atoms with Gasteiger partial charge in [-0.3, -0.25) is 14.7 Å². The summed E-state index contributed by atoms with van der Waals surface area (Å²) in [5.41, 5.74) is 1.54. The molecule has 1 aromatic carbocycles. The number of halogens is 1. The SMILES string of the molecule is O=C(COc1ccccc1F)N1CCC(c2[nH]ncc2C(=O)N2CCCCCC2)CC1. The van der Waals surface area contributed by atoms with Crippen molar-refractivity contribution in [2.75, 3.05) is 32.8 Å². The van der Waals surface area contributed by atoms with Gasteiger partial charge in [-0.2, -0.15) is 5.10 Å². The van der Waals surface area contributed by atoms with E-state index in [0.29, 0.717) is 18.7 Å². The lowest BCUT2D eigenvalue weighted by molar-refractivity contribution is -0.134. The first kappa shape index (κ1) is 21.3. The highest BCUT2D eigenvalue weighted by Crippen LogP contribution is 2.30. The molecule has 4 rings (SSSR count). The van der Waals surface area contributed by atoms with Crippen LogP contribution in [0.25, 0.3) is 0 Å². The van der Waals surface area contributed by atoms with Gasteiger partial charge in [0.15, 0.2) is 18.2 Å². The van der Waals surface area contributed by atoms with Crippen LogP contribution in [-0.2, 0) is 4.79 Å². The number of nitrogens with one attached hydrogen (secondary N) is 1. The number of rotatable bonds is 5. The minimum atomic E-state index is -0.477. The van der Waals surface area contributed by atoms with Gasteiger partial charge < -0.3 is 14.5 Å². The molecule has 3 heterocycles. The van der Waals surface area contributed by atoms with Gasteiger partial charge in [0.2, 0.25) is 0 Å². The predicted octanol–water partition coefficient (Wildman–Crippen LogP) is 3.35. The molecule has 1 aromatic heterocycles. The molecular formula is C23H29FN4O3. The molecule has 8 heteroatoms. The van der Waals surface area contributed by atoms with Crippen molar-refractivity contribution in [2.45, 2.75) is 44.4 Å². The number of aromatic nitrogens is 2. The summed E-state index contributed by atoms with van der Waals surface area (Å²) in [6.07, 6.45) is 7.58. The molecule has 0 saturated carbocycles. The highest BCUT2D eigenvalue weighted by Gasteiger charge is 2.30. The van der Waals surface area contributed by atoms with Gasteiger partial charge in [-0.15, -0.1) is 0 Å². The first-order valence-electron chi connectivity index (χ1n) is 11.1. The number of amides is 2. The largest absolute Gasteiger partial charge is 0.481 e. The van der Waals surface area contributed by atoms with Crippen molar-refractivity contribution in [1.82, 2.24) is 20.0 Å². The Hall–Kier alpha value is -2.90. The number of carbonyl (C=O) groups excluding carboxylic acids is 2. The number of piperidine rings is 1. The Morgan fingerprint density at radius 2 is 1.74 bits per heavy atom.